The lowest BCUT2D eigenvalue weighted by Gasteiger charge is -2.39. The Hall–Kier alpha value is -5.18. The molecule has 5 aromatic rings. The zero-order valence-electron chi connectivity index (χ0n) is 27.4. The van der Waals surface area contributed by atoms with Crippen LogP contribution in [0.3, 0.4) is 0 Å². The third kappa shape index (κ3) is 6.56. The second-order valence-electron chi connectivity index (χ2n) is 12.6. The minimum absolute atomic E-state index is 0.0318. The van der Waals surface area contributed by atoms with Gasteiger partial charge < -0.3 is 24.3 Å². The Labute approximate surface area is 293 Å². The second kappa shape index (κ2) is 14.4. The number of amides is 1. The van der Waals surface area contributed by atoms with Gasteiger partial charge in [-0.2, -0.15) is 9.97 Å². The molecule has 2 atom stereocenters. The van der Waals surface area contributed by atoms with Crippen LogP contribution < -0.4 is 9.64 Å². The molecule has 4 heterocycles. The van der Waals surface area contributed by atoms with E-state index in [1.807, 2.05) is 42.3 Å². The fraction of sp³-hybridized carbons (Fsp3) is 0.289. The van der Waals surface area contributed by atoms with Crippen LogP contribution in [0.1, 0.15) is 18.5 Å². The molecule has 254 valence electrons. The van der Waals surface area contributed by atoms with Crippen LogP contribution in [0.2, 0.25) is 5.02 Å². The number of fused-ring (bicyclic) bond motifs is 2. The van der Waals surface area contributed by atoms with Crippen molar-refractivity contribution in [3.63, 3.8) is 0 Å². The number of piperazine rings is 1. The van der Waals surface area contributed by atoms with Gasteiger partial charge in [0.1, 0.15) is 24.0 Å². The van der Waals surface area contributed by atoms with E-state index < -0.39 is 23.6 Å². The van der Waals surface area contributed by atoms with Crippen LogP contribution in [0.4, 0.5) is 14.6 Å². The highest BCUT2D eigenvalue weighted by Crippen LogP contribution is 2.39. The molecule has 0 bridgehead atoms. The van der Waals surface area contributed by atoms with Gasteiger partial charge in [-0.25, -0.2) is 15.4 Å². The van der Waals surface area contributed by atoms with Crippen molar-refractivity contribution < 1.29 is 18.3 Å². The molecule has 2 aliphatic heterocycles. The Bertz CT molecular complexity index is 2140. The van der Waals surface area contributed by atoms with Gasteiger partial charge in [-0.15, -0.1) is 0 Å². The summed E-state index contributed by atoms with van der Waals surface area (Å²) < 4.78 is 38.2. The van der Waals surface area contributed by atoms with Gasteiger partial charge in [-0.3, -0.25) is 9.78 Å². The van der Waals surface area contributed by atoms with E-state index in [0.717, 1.165) is 36.2 Å². The summed E-state index contributed by atoms with van der Waals surface area (Å²) in [5.41, 5.74) is 1.36. The standard InChI is InChI=1S/C38H34ClF2N7O2/c1-42-21-27-22-47(18-19-48(27)37(49)32(40)20-25-10-3-4-16-43-25)36-30-15-14-29(28-12-5-8-24-9-6-13-31(39)33(24)28)34(41)35(30)44-38(45-36)50-23-26-11-7-17-46(26)2/h3-6,8-10,12-16,20,26-27H,7,11,17-19,21-23H2,2H3/b32-20-/t26-,27-/m0/s1. The van der Waals surface area contributed by atoms with E-state index in [0.29, 0.717) is 39.7 Å². The van der Waals surface area contributed by atoms with Gasteiger partial charge in [0.25, 0.3) is 5.91 Å². The van der Waals surface area contributed by atoms with Gasteiger partial charge in [0, 0.05) is 59.3 Å². The van der Waals surface area contributed by atoms with E-state index in [1.165, 1.54) is 11.1 Å². The number of anilines is 1. The van der Waals surface area contributed by atoms with Crippen LogP contribution in [-0.4, -0.2) is 89.1 Å². The van der Waals surface area contributed by atoms with E-state index in [9.17, 15) is 4.79 Å². The molecule has 2 saturated heterocycles. The minimum atomic E-state index is -0.963. The van der Waals surface area contributed by atoms with Crippen molar-refractivity contribution in [1.82, 2.24) is 24.8 Å². The number of ether oxygens (including phenoxy) is 1. The van der Waals surface area contributed by atoms with Gasteiger partial charge in [0.15, 0.2) is 11.6 Å². The van der Waals surface area contributed by atoms with Crippen LogP contribution in [0, 0.1) is 12.4 Å². The Balaban J connectivity index is 1.27. The zero-order chi connectivity index (χ0) is 34.8. The summed E-state index contributed by atoms with van der Waals surface area (Å²) in [7, 11) is 2.04. The van der Waals surface area contributed by atoms with Crippen LogP contribution in [0.15, 0.2) is 78.8 Å². The van der Waals surface area contributed by atoms with Crippen molar-refractivity contribution in [3.05, 3.63) is 107 Å². The molecule has 0 spiro atoms. The molecule has 9 nitrogen and oxygen atoms in total. The normalized spacial score (nSPS) is 18.5. The molecular formula is C38H34ClF2N7O2. The third-order valence-electron chi connectivity index (χ3n) is 9.50. The maximum atomic E-state index is 16.8. The van der Waals surface area contributed by atoms with Gasteiger partial charge in [0.2, 0.25) is 6.54 Å². The molecule has 2 aromatic heterocycles. The first-order valence-electron chi connectivity index (χ1n) is 16.5. The number of pyridine rings is 1. The number of nitrogens with zero attached hydrogens (tertiary/aromatic N) is 7. The van der Waals surface area contributed by atoms with Gasteiger partial charge in [0.05, 0.1) is 5.69 Å². The number of hydrogen-bond donors (Lipinski definition) is 0. The van der Waals surface area contributed by atoms with Crippen LogP contribution in [0.5, 0.6) is 6.01 Å². The molecule has 0 N–H and O–H groups in total. The first-order valence-corrected chi connectivity index (χ1v) is 16.9. The van der Waals surface area contributed by atoms with E-state index in [1.54, 1.807) is 36.4 Å². The van der Waals surface area contributed by atoms with Crippen molar-refractivity contribution in [2.75, 3.05) is 51.3 Å². The number of carbonyl (C=O) groups is 1. The average molecular weight is 694 g/mol. The lowest BCUT2D eigenvalue weighted by molar-refractivity contribution is -0.130. The number of halogens is 3. The molecule has 1 amide bonds. The molecular weight excluding hydrogens is 660 g/mol. The summed E-state index contributed by atoms with van der Waals surface area (Å²) >= 11 is 6.63. The summed E-state index contributed by atoms with van der Waals surface area (Å²) in [6.45, 7) is 9.39. The highest BCUT2D eigenvalue weighted by atomic mass is 35.5. The molecule has 7 rings (SSSR count). The number of benzene rings is 3. The topological polar surface area (TPSA) is 79.0 Å². The van der Waals surface area contributed by atoms with Crippen molar-refractivity contribution in [2.24, 2.45) is 0 Å². The monoisotopic (exact) mass is 693 g/mol. The first kappa shape index (κ1) is 33.3. The third-order valence-corrected chi connectivity index (χ3v) is 9.81. The Kier molecular flexibility index (Phi) is 9.57. The summed E-state index contributed by atoms with van der Waals surface area (Å²) in [6, 6.07) is 19.2. The SMILES string of the molecule is [C-]#[N+]C[C@H]1CN(c2nc(OC[C@@H]3CCCN3C)nc3c(F)c(-c4cccc5cccc(Cl)c45)ccc23)CCN1C(=O)/C(F)=C/c1ccccn1. The molecule has 2 fully saturated rings. The zero-order valence-corrected chi connectivity index (χ0v) is 28.2. The molecule has 0 aliphatic carbocycles. The van der Waals surface area contributed by atoms with E-state index in [2.05, 4.69) is 19.7 Å². The van der Waals surface area contributed by atoms with Crippen molar-refractivity contribution >= 4 is 51.1 Å². The average Bonchev–Trinajstić information content (AvgIpc) is 3.55. The Morgan fingerprint density at radius 3 is 2.64 bits per heavy atom. The predicted molar refractivity (Wildman–Crippen MR) is 191 cm³/mol. The lowest BCUT2D eigenvalue weighted by atomic mass is 9.96. The molecule has 0 radical (unpaired) electrons. The smallest absolute Gasteiger partial charge is 0.319 e. The largest absolute Gasteiger partial charge is 0.462 e. The Morgan fingerprint density at radius 2 is 1.88 bits per heavy atom. The highest BCUT2D eigenvalue weighted by Gasteiger charge is 2.36. The number of likely N-dealkylation sites (N-methyl/N-ethyl adjacent to an activating group) is 1. The molecule has 12 heteroatoms. The number of rotatable bonds is 8. The molecule has 2 aliphatic rings. The molecule has 0 saturated carbocycles. The predicted octanol–water partition coefficient (Wildman–Crippen LogP) is 7.06. The maximum Gasteiger partial charge on any atom is 0.319 e. The van der Waals surface area contributed by atoms with E-state index in [4.69, 9.17) is 27.9 Å². The Morgan fingerprint density at radius 1 is 1.04 bits per heavy atom. The molecule has 3 aromatic carbocycles. The summed E-state index contributed by atoms with van der Waals surface area (Å²) in [5, 5.41) is 2.57. The summed E-state index contributed by atoms with van der Waals surface area (Å²) in [5.74, 6) is -1.91. The first-order chi connectivity index (χ1) is 24.3. The fourth-order valence-electron chi connectivity index (χ4n) is 6.89. The molecule has 50 heavy (non-hydrogen) atoms. The van der Waals surface area contributed by atoms with Crippen LogP contribution in [0.25, 0.3) is 43.7 Å². The second-order valence-corrected chi connectivity index (χ2v) is 13.0. The number of hydrogen-bond acceptors (Lipinski definition) is 7. The van der Waals surface area contributed by atoms with Crippen LogP contribution >= 0.6 is 11.6 Å². The van der Waals surface area contributed by atoms with E-state index in [-0.39, 0.29) is 43.7 Å². The van der Waals surface area contributed by atoms with Crippen molar-refractivity contribution in [2.45, 2.75) is 24.9 Å². The highest BCUT2D eigenvalue weighted by molar-refractivity contribution is 6.36. The quantitative estimate of drug-likeness (QED) is 0.127. The summed E-state index contributed by atoms with van der Waals surface area (Å²) in [6.07, 6.45) is 4.64. The maximum absolute atomic E-state index is 16.8. The summed E-state index contributed by atoms with van der Waals surface area (Å²) in [4.78, 5) is 35.8. The van der Waals surface area contributed by atoms with Gasteiger partial charge in [-0.1, -0.05) is 54.1 Å². The van der Waals surface area contributed by atoms with Crippen molar-refractivity contribution in [1.29, 1.82) is 0 Å². The van der Waals surface area contributed by atoms with Crippen LogP contribution in [-0.2, 0) is 4.79 Å². The number of carbonyl (C=O) groups excluding carboxylic acids is 1. The lowest BCUT2D eigenvalue weighted by Crippen LogP contribution is -2.56. The number of aromatic nitrogens is 3. The fourth-order valence-corrected chi connectivity index (χ4v) is 7.17. The van der Waals surface area contributed by atoms with Gasteiger partial charge in [-0.05, 0) is 61.6 Å². The molecule has 0 unspecified atom stereocenters. The minimum Gasteiger partial charge on any atom is -0.462 e. The van der Waals surface area contributed by atoms with Crippen molar-refractivity contribution in [3.8, 4) is 17.1 Å². The van der Waals surface area contributed by atoms with E-state index >= 15 is 8.78 Å². The number of likely N-dealkylation sites (tertiary alicyclic amines) is 1. The van der Waals surface area contributed by atoms with Gasteiger partial charge >= 0.3 is 6.01 Å².